The molecule has 0 saturated carbocycles. The van der Waals surface area contributed by atoms with Gasteiger partial charge in [-0.1, -0.05) is 22.9 Å². The predicted octanol–water partition coefficient (Wildman–Crippen LogP) is 2.32. The Hall–Kier alpha value is -1.20. The molecule has 0 radical (unpaired) electrons. The van der Waals surface area contributed by atoms with Crippen LogP contribution in [0.4, 0.5) is 0 Å². The number of fused-ring (bicyclic) bond motifs is 1. The van der Waals surface area contributed by atoms with Crippen LogP contribution in [0, 0.1) is 0 Å². The highest BCUT2D eigenvalue weighted by Crippen LogP contribution is 2.16. The predicted molar refractivity (Wildman–Crippen MR) is 74.6 cm³/mol. The molecule has 18 heavy (non-hydrogen) atoms. The Morgan fingerprint density at radius 2 is 2.22 bits per heavy atom. The summed E-state index contributed by atoms with van der Waals surface area (Å²) in [4.78, 5) is 16.5. The highest BCUT2D eigenvalue weighted by molar-refractivity contribution is 9.10. The van der Waals surface area contributed by atoms with Gasteiger partial charge in [-0.2, -0.15) is 0 Å². The van der Waals surface area contributed by atoms with Crippen molar-refractivity contribution in [3.63, 3.8) is 0 Å². The first-order valence-corrected chi connectivity index (χ1v) is 6.59. The summed E-state index contributed by atoms with van der Waals surface area (Å²) in [5.74, 6) is 0. The molecule has 5 heteroatoms. The summed E-state index contributed by atoms with van der Waals surface area (Å²) in [5.41, 5.74) is -0.364. The molecule has 2 rings (SSSR count). The number of halogens is 1. The van der Waals surface area contributed by atoms with Gasteiger partial charge in [0.2, 0.25) is 0 Å². The molecule has 0 fully saturated rings. The molecule has 4 nitrogen and oxygen atoms in total. The standard InChI is InChI=1S/C13H15BrN2O2/c1-3-13(2,18)7-16-8-15-11-6-9(14)4-5-10(11)12(16)17/h4-6,8,18H,3,7H2,1-2H3/t13-/m0/s1. The third-order valence-electron chi connectivity index (χ3n) is 3.06. The number of rotatable bonds is 3. The number of hydrogen-bond acceptors (Lipinski definition) is 3. The van der Waals surface area contributed by atoms with Crippen LogP contribution >= 0.6 is 15.9 Å². The zero-order valence-electron chi connectivity index (χ0n) is 10.4. The van der Waals surface area contributed by atoms with E-state index in [1.165, 1.54) is 10.9 Å². The summed E-state index contributed by atoms with van der Waals surface area (Å²) in [6.07, 6.45) is 2.07. The Balaban J connectivity index is 2.52. The first-order chi connectivity index (χ1) is 8.43. The fraction of sp³-hybridized carbons (Fsp3) is 0.385. The molecule has 0 spiro atoms. The summed E-state index contributed by atoms with van der Waals surface area (Å²) in [5, 5.41) is 10.6. The van der Waals surface area contributed by atoms with Gasteiger partial charge in [0.1, 0.15) is 0 Å². The highest BCUT2D eigenvalue weighted by Gasteiger charge is 2.19. The first-order valence-electron chi connectivity index (χ1n) is 5.80. The van der Waals surface area contributed by atoms with E-state index in [-0.39, 0.29) is 12.1 Å². The van der Waals surface area contributed by atoms with Crippen molar-refractivity contribution >= 4 is 26.8 Å². The zero-order chi connectivity index (χ0) is 13.3. The third-order valence-corrected chi connectivity index (χ3v) is 3.55. The van der Waals surface area contributed by atoms with E-state index < -0.39 is 5.60 Å². The van der Waals surface area contributed by atoms with Crippen molar-refractivity contribution in [2.24, 2.45) is 0 Å². The molecule has 1 heterocycles. The molecule has 96 valence electrons. The van der Waals surface area contributed by atoms with Gasteiger partial charge in [-0.15, -0.1) is 0 Å². The largest absolute Gasteiger partial charge is 0.388 e. The van der Waals surface area contributed by atoms with Crippen LogP contribution in [0.2, 0.25) is 0 Å². The molecule has 1 atom stereocenters. The van der Waals surface area contributed by atoms with Crippen molar-refractivity contribution < 1.29 is 5.11 Å². The molecular formula is C13H15BrN2O2. The van der Waals surface area contributed by atoms with Gasteiger partial charge in [-0.05, 0) is 31.5 Å². The van der Waals surface area contributed by atoms with E-state index in [0.717, 1.165) is 4.47 Å². The summed E-state index contributed by atoms with van der Waals surface area (Å²) in [6.45, 7) is 3.85. The van der Waals surface area contributed by atoms with Crippen molar-refractivity contribution in [3.8, 4) is 0 Å². The lowest BCUT2D eigenvalue weighted by Gasteiger charge is -2.22. The second-order valence-corrected chi connectivity index (χ2v) is 5.61. The second-order valence-electron chi connectivity index (χ2n) is 4.69. The van der Waals surface area contributed by atoms with Gasteiger partial charge in [0.05, 0.1) is 29.4 Å². The molecule has 1 aromatic heterocycles. The van der Waals surface area contributed by atoms with Crippen molar-refractivity contribution in [2.45, 2.75) is 32.4 Å². The van der Waals surface area contributed by atoms with Crippen LogP contribution in [0.5, 0.6) is 0 Å². The Labute approximate surface area is 113 Å². The molecule has 2 aromatic rings. The molecule has 0 amide bonds. The van der Waals surface area contributed by atoms with Crippen LogP contribution in [-0.2, 0) is 6.54 Å². The van der Waals surface area contributed by atoms with E-state index in [0.29, 0.717) is 17.3 Å². The molecule has 1 aromatic carbocycles. The van der Waals surface area contributed by atoms with Gasteiger partial charge >= 0.3 is 0 Å². The monoisotopic (exact) mass is 310 g/mol. The Morgan fingerprint density at radius 3 is 2.89 bits per heavy atom. The van der Waals surface area contributed by atoms with Gasteiger partial charge in [0.25, 0.3) is 5.56 Å². The lowest BCUT2D eigenvalue weighted by atomic mass is 10.0. The smallest absolute Gasteiger partial charge is 0.261 e. The zero-order valence-corrected chi connectivity index (χ0v) is 11.9. The highest BCUT2D eigenvalue weighted by atomic mass is 79.9. The fourth-order valence-corrected chi connectivity index (χ4v) is 2.07. The Kier molecular flexibility index (Phi) is 3.54. The van der Waals surface area contributed by atoms with E-state index in [1.54, 1.807) is 19.1 Å². The van der Waals surface area contributed by atoms with Crippen LogP contribution in [0.3, 0.4) is 0 Å². The van der Waals surface area contributed by atoms with Crippen molar-refractivity contribution in [3.05, 3.63) is 39.4 Å². The molecule has 1 N–H and O–H groups in total. The number of nitrogens with zero attached hydrogens (tertiary/aromatic N) is 2. The third kappa shape index (κ3) is 2.62. The van der Waals surface area contributed by atoms with Crippen LogP contribution in [0.15, 0.2) is 33.8 Å². The van der Waals surface area contributed by atoms with Crippen molar-refractivity contribution in [1.82, 2.24) is 9.55 Å². The van der Waals surface area contributed by atoms with Crippen LogP contribution in [-0.4, -0.2) is 20.3 Å². The Morgan fingerprint density at radius 1 is 1.50 bits per heavy atom. The van der Waals surface area contributed by atoms with Gasteiger partial charge in [0, 0.05) is 4.47 Å². The van der Waals surface area contributed by atoms with E-state index in [2.05, 4.69) is 20.9 Å². The molecule has 0 aliphatic heterocycles. The van der Waals surface area contributed by atoms with E-state index in [9.17, 15) is 9.90 Å². The average molecular weight is 311 g/mol. The van der Waals surface area contributed by atoms with Gasteiger partial charge in [-0.25, -0.2) is 4.98 Å². The summed E-state index contributed by atoms with van der Waals surface area (Å²) in [6, 6.07) is 5.36. The van der Waals surface area contributed by atoms with Gasteiger partial charge in [0.15, 0.2) is 0 Å². The summed E-state index contributed by atoms with van der Waals surface area (Å²) < 4.78 is 2.35. The molecular weight excluding hydrogens is 296 g/mol. The lowest BCUT2D eigenvalue weighted by Crippen LogP contribution is -2.34. The van der Waals surface area contributed by atoms with E-state index >= 15 is 0 Å². The Bertz CT molecular complexity index is 634. The van der Waals surface area contributed by atoms with Gasteiger partial charge in [-0.3, -0.25) is 9.36 Å². The maximum absolute atomic E-state index is 12.2. The lowest BCUT2D eigenvalue weighted by molar-refractivity contribution is 0.0368. The molecule has 0 aliphatic carbocycles. The second kappa shape index (κ2) is 4.82. The summed E-state index contributed by atoms with van der Waals surface area (Å²) >= 11 is 3.35. The minimum atomic E-state index is -0.894. The number of aromatic nitrogens is 2. The van der Waals surface area contributed by atoms with Crippen LogP contribution in [0.1, 0.15) is 20.3 Å². The SMILES string of the molecule is CC[C@](C)(O)Cn1cnc2cc(Br)ccc2c1=O. The quantitative estimate of drug-likeness (QED) is 0.946. The van der Waals surface area contributed by atoms with Crippen molar-refractivity contribution in [2.75, 3.05) is 0 Å². The molecule has 0 unspecified atom stereocenters. The fourth-order valence-electron chi connectivity index (χ4n) is 1.72. The van der Waals surface area contributed by atoms with E-state index in [4.69, 9.17) is 0 Å². The number of aliphatic hydroxyl groups is 1. The molecule has 0 bridgehead atoms. The maximum Gasteiger partial charge on any atom is 0.261 e. The number of hydrogen-bond donors (Lipinski definition) is 1. The molecule has 0 saturated heterocycles. The van der Waals surface area contributed by atoms with Crippen molar-refractivity contribution in [1.29, 1.82) is 0 Å². The normalized spacial score (nSPS) is 14.7. The van der Waals surface area contributed by atoms with Crippen LogP contribution < -0.4 is 5.56 Å². The summed E-state index contributed by atoms with van der Waals surface area (Å²) in [7, 11) is 0. The minimum absolute atomic E-state index is 0.124. The number of benzene rings is 1. The first kappa shape index (κ1) is 13.2. The molecule has 0 aliphatic rings. The van der Waals surface area contributed by atoms with Gasteiger partial charge < -0.3 is 5.11 Å². The van der Waals surface area contributed by atoms with Crippen LogP contribution in [0.25, 0.3) is 10.9 Å². The van der Waals surface area contributed by atoms with E-state index in [1.807, 2.05) is 13.0 Å². The average Bonchev–Trinajstić information content (AvgIpc) is 2.33. The minimum Gasteiger partial charge on any atom is -0.388 e. The topological polar surface area (TPSA) is 55.1 Å². The maximum atomic E-state index is 12.2.